The van der Waals surface area contributed by atoms with Crippen LogP contribution < -0.4 is 74.1 Å². The topological polar surface area (TPSA) is 201 Å². The second-order valence-corrected chi connectivity index (χ2v) is 14.2. The number of hydrogen-bond donors (Lipinski definition) is 2. The zero-order valence-electron chi connectivity index (χ0n) is 27.9. The van der Waals surface area contributed by atoms with E-state index in [1.54, 1.807) is 48.5 Å². The summed E-state index contributed by atoms with van der Waals surface area (Å²) in [5.41, 5.74) is -0.0545. The molecule has 0 aliphatic carbocycles. The third kappa shape index (κ3) is 9.39. The number of ether oxygens (including phenoxy) is 1. The smallest absolute Gasteiger partial charge is 0.870 e. The molecule has 0 aliphatic heterocycles. The zero-order chi connectivity index (χ0) is 34.9. The summed E-state index contributed by atoms with van der Waals surface area (Å²) in [7, 11) is -10.1. The van der Waals surface area contributed by atoms with Crippen LogP contribution in [0.15, 0.2) is 122 Å². The van der Waals surface area contributed by atoms with Crippen molar-refractivity contribution in [1.82, 2.24) is 0 Å². The molecule has 0 saturated carbocycles. The Morgan fingerprint density at radius 1 is 0.800 bits per heavy atom. The Bertz CT molecular complexity index is 2300. The van der Waals surface area contributed by atoms with Gasteiger partial charge in [0.05, 0.1) is 16.3 Å². The van der Waals surface area contributed by atoms with Gasteiger partial charge in [-0.1, -0.05) is 81.1 Å². The van der Waals surface area contributed by atoms with E-state index in [4.69, 9.17) is 4.74 Å². The Morgan fingerprint density at radius 2 is 1.42 bits per heavy atom. The van der Waals surface area contributed by atoms with Gasteiger partial charge in [-0.05, 0) is 76.7 Å². The summed E-state index contributed by atoms with van der Waals surface area (Å²) in [5, 5.41) is 34.0. The maximum Gasteiger partial charge on any atom is 1.00 e. The van der Waals surface area contributed by atoms with Crippen molar-refractivity contribution >= 4 is 54.0 Å². The van der Waals surface area contributed by atoms with E-state index in [0.717, 1.165) is 30.2 Å². The summed E-state index contributed by atoms with van der Waals surface area (Å²) in [6, 6.07) is 23.9. The van der Waals surface area contributed by atoms with Crippen LogP contribution in [0.2, 0.25) is 0 Å². The van der Waals surface area contributed by atoms with E-state index >= 15 is 0 Å². The Morgan fingerprint density at radius 3 is 2.02 bits per heavy atom. The van der Waals surface area contributed by atoms with E-state index in [2.05, 4.69) is 36.0 Å². The van der Waals surface area contributed by atoms with Crippen LogP contribution in [-0.2, 0) is 25.7 Å². The first-order valence-electron chi connectivity index (χ1n) is 14.5. The summed E-state index contributed by atoms with van der Waals surface area (Å²) >= 11 is 0. The van der Waals surface area contributed by atoms with Gasteiger partial charge in [0.15, 0.2) is 5.75 Å². The van der Waals surface area contributed by atoms with E-state index in [-0.39, 0.29) is 86.9 Å². The predicted molar refractivity (Wildman–Crippen MR) is 176 cm³/mol. The van der Waals surface area contributed by atoms with Crippen LogP contribution >= 0.6 is 0 Å². The monoisotopic (exact) mass is 733 g/mol. The van der Waals surface area contributed by atoms with E-state index in [9.17, 15) is 36.2 Å². The van der Waals surface area contributed by atoms with E-state index < -0.39 is 58.4 Å². The van der Waals surface area contributed by atoms with Crippen LogP contribution in [0.1, 0.15) is 38.3 Å². The molecule has 0 bridgehead atoms. The first-order valence-corrected chi connectivity index (χ1v) is 17.3. The Balaban J connectivity index is 0.00000338. The van der Waals surface area contributed by atoms with Gasteiger partial charge in [0.2, 0.25) is 0 Å². The number of nitrogens with zero attached hydrogens (tertiary/aromatic N) is 3. The molecule has 5 rings (SSSR count). The van der Waals surface area contributed by atoms with Crippen LogP contribution in [0.25, 0.3) is 10.8 Å². The van der Waals surface area contributed by atoms with Crippen molar-refractivity contribution < 1.29 is 100 Å². The second kappa shape index (κ2) is 16.5. The van der Waals surface area contributed by atoms with Crippen LogP contribution in [0.3, 0.4) is 0 Å². The van der Waals surface area contributed by atoms with Gasteiger partial charge in [0.1, 0.15) is 16.3 Å². The van der Waals surface area contributed by atoms with Gasteiger partial charge in [-0.3, -0.25) is 14.1 Å². The molecular formula is C34H29N3Na2O9S2. The fourth-order valence-corrected chi connectivity index (χ4v) is 5.93. The third-order valence-electron chi connectivity index (χ3n) is 7.77. The van der Waals surface area contributed by atoms with E-state index in [1.165, 1.54) is 18.2 Å². The molecular weight excluding hydrogens is 704 g/mol. The molecule has 0 radical (unpaired) electrons. The van der Waals surface area contributed by atoms with Gasteiger partial charge in [0, 0.05) is 5.39 Å². The van der Waals surface area contributed by atoms with Crippen LogP contribution in [0.5, 0.6) is 17.2 Å². The first kappa shape index (κ1) is 41.3. The number of rotatable bonds is 10. The Labute approximate surface area is 334 Å². The maximum atomic E-state index is 13.9. The first-order chi connectivity index (χ1) is 22.6. The van der Waals surface area contributed by atoms with Gasteiger partial charge < -0.3 is 14.9 Å². The fourth-order valence-electron chi connectivity index (χ4n) is 4.74. The minimum atomic E-state index is -5.15. The van der Waals surface area contributed by atoms with Crippen molar-refractivity contribution in [2.45, 2.75) is 42.4 Å². The molecule has 0 atom stereocenters. The predicted octanol–water partition coefficient (Wildman–Crippen LogP) is 0.749. The fraction of sp³-hybridized carbons (Fsp3) is 0.147. The summed E-state index contributed by atoms with van der Waals surface area (Å²) in [4.78, 5) is 2.14. The van der Waals surface area contributed by atoms with Gasteiger partial charge in [0.25, 0.3) is 20.2 Å². The van der Waals surface area contributed by atoms with Crippen molar-refractivity contribution in [3.63, 3.8) is 0 Å². The molecule has 50 heavy (non-hydrogen) atoms. The Hall–Kier alpha value is -3.15. The number of benzene rings is 5. The molecule has 0 saturated heterocycles. The van der Waals surface area contributed by atoms with Crippen molar-refractivity contribution in [3.8, 4) is 17.2 Å². The molecule has 5 aromatic carbocycles. The molecule has 5 aromatic rings. The van der Waals surface area contributed by atoms with Crippen molar-refractivity contribution in [1.29, 1.82) is 0 Å². The summed E-state index contributed by atoms with van der Waals surface area (Å²) in [6.45, 7) is 6.35. The Kier molecular flexibility index (Phi) is 13.6. The minimum absolute atomic E-state index is 0. The number of hydrogen-bond acceptors (Lipinski definition) is 10. The summed E-state index contributed by atoms with van der Waals surface area (Å²) < 4.78 is 74.8. The molecule has 0 spiro atoms. The standard InChI is InChI=1S/C34H31N3O9S2.2Na/c1-4-34(2,3)23-14-16-24(17-15-23)46-28-13-9-8-12-26(28)36-37-31-29(48(43,44)45)19-22-18-25(47(40,41)42)20-27(30(22)32(31)38)35-33(39)21-10-6-5-7-11-21;;/h5-20,38H,4H2,1-3H3,(H,35,39)(H,40,41,42)(H,43,44,45);;/q;2*+1/p-2. The van der Waals surface area contributed by atoms with Gasteiger partial charge in [-0.2, -0.15) is 16.8 Å². The molecule has 0 fully saturated rings. The molecule has 0 unspecified atom stereocenters. The summed E-state index contributed by atoms with van der Waals surface area (Å²) in [5.74, 6) is -1.31. The van der Waals surface area contributed by atoms with Gasteiger partial charge >= 0.3 is 59.1 Å². The third-order valence-corrected chi connectivity index (χ3v) is 9.47. The zero-order valence-corrected chi connectivity index (χ0v) is 33.5. The molecule has 12 nitrogen and oxygen atoms in total. The largest absolute Gasteiger partial charge is 1.00 e. The molecule has 0 aliphatic rings. The van der Waals surface area contributed by atoms with Crippen molar-refractivity contribution in [2.24, 2.45) is 15.2 Å². The van der Waals surface area contributed by atoms with Gasteiger partial charge in [-0.25, -0.2) is 0 Å². The maximum absolute atomic E-state index is 13.9. The number of azo groups is 1. The average Bonchev–Trinajstić information content (AvgIpc) is 3.04. The SMILES string of the molecule is CCC(C)(C)c1ccc(Oc2ccccc2N=Nc2c(S(=O)(=O)O)cc3cc(S(=O)(=O)O)cc(N=C([O-])c4ccccc4)c3c2[O-])cc1.[Na+].[Na+]. The molecule has 0 heterocycles. The van der Waals surface area contributed by atoms with Gasteiger partial charge in [-0.15, -0.1) is 10.2 Å². The van der Waals surface area contributed by atoms with E-state index in [0.29, 0.717) is 5.75 Å². The van der Waals surface area contributed by atoms with Crippen LogP contribution in [-0.4, -0.2) is 31.8 Å². The minimum Gasteiger partial charge on any atom is -0.870 e. The number of para-hydroxylation sites is 1. The quantitative estimate of drug-likeness (QED) is 0.0683. The average molecular weight is 734 g/mol. The molecule has 16 heteroatoms. The van der Waals surface area contributed by atoms with Crippen LogP contribution in [0.4, 0.5) is 17.1 Å². The molecule has 248 valence electrons. The summed E-state index contributed by atoms with van der Waals surface area (Å²) in [6.07, 6.45) is 0.930. The normalized spacial score (nSPS) is 12.4. The number of aliphatic imine (C=N–C) groups is 1. The van der Waals surface area contributed by atoms with Crippen molar-refractivity contribution in [2.75, 3.05) is 0 Å². The number of fused-ring (bicyclic) bond motifs is 1. The second-order valence-electron chi connectivity index (χ2n) is 11.4. The van der Waals surface area contributed by atoms with Crippen molar-refractivity contribution in [3.05, 3.63) is 108 Å². The van der Waals surface area contributed by atoms with Crippen LogP contribution in [0, 0.1) is 0 Å². The molecule has 0 amide bonds. The van der Waals surface area contributed by atoms with E-state index in [1.807, 2.05) is 12.1 Å². The molecule has 0 aromatic heterocycles. The molecule has 2 N–H and O–H groups in total.